The number of carbonyl (C=O) groups is 2. The van der Waals surface area contributed by atoms with Crippen LogP contribution < -0.4 is 16.0 Å². The van der Waals surface area contributed by atoms with Crippen molar-refractivity contribution in [3.05, 3.63) is 57.0 Å². The number of pyridine rings is 1. The average molecular weight is 500 g/mol. The van der Waals surface area contributed by atoms with Gasteiger partial charge in [-0.15, -0.1) is 11.3 Å². The van der Waals surface area contributed by atoms with Crippen LogP contribution in [0.4, 0.5) is 24.8 Å². The number of rotatable bonds is 7. The van der Waals surface area contributed by atoms with Gasteiger partial charge in [-0.05, 0) is 19.9 Å². The second kappa shape index (κ2) is 10.1. The fourth-order valence-corrected chi connectivity index (χ4v) is 3.61. The summed E-state index contributed by atoms with van der Waals surface area (Å²) in [6.45, 7) is 4.18. The van der Waals surface area contributed by atoms with E-state index in [1.165, 1.54) is 18.6 Å². The first-order chi connectivity index (χ1) is 15.6. The van der Waals surface area contributed by atoms with Crippen LogP contribution >= 0.6 is 22.9 Å². The van der Waals surface area contributed by atoms with E-state index in [4.69, 9.17) is 11.6 Å². The third-order valence-corrected chi connectivity index (χ3v) is 5.61. The summed E-state index contributed by atoms with van der Waals surface area (Å²) in [7, 11) is 0. The Morgan fingerprint density at radius 1 is 1.09 bits per heavy atom. The number of alkyl halides is 3. The SMILES string of the molecule is CCNc1cc(C(=O)NC(C)c2ncc(C(=O)Nc3cc(C(F)(F)F)c(Cl)cn3)s2)ncn1. The van der Waals surface area contributed by atoms with Crippen LogP contribution in [-0.2, 0) is 6.18 Å². The second-order valence-corrected chi connectivity index (χ2v) is 8.05. The highest BCUT2D eigenvalue weighted by atomic mass is 35.5. The first-order valence-electron chi connectivity index (χ1n) is 9.45. The van der Waals surface area contributed by atoms with Gasteiger partial charge in [0.15, 0.2) is 0 Å². The van der Waals surface area contributed by atoms with Gasteiger partial charge in [0.2, 0.25) is 0 Å². The van der Waals surface area contributed by atoms with Gasteiger partial charge in [-0.25, -0.2) is 19.9 Å². The molecule has 0 aliphatic heterocycles. The van der Waals surface area contributed by atoms with Crippen molar-refractivity contribution in [2.45, 2.75) is 26.1 Å². The molecule has 3 aromatic rings. The highest BCUT2D eigenvalue weighted by Crippen LogP contribution is 2.35. The van der Waals surface area contributed by atoms with Crippen molar-refractivity contribution in [1.82, 2.24) is 25.3 Å². The zero-order valence-corrected chi connectivity index (χ0v) is 18.8. The van der Waals surface area contributed by atoms with Crippen molar-refractivity contribution in [3.8, 4) is 0 Å². The molecule has 33 heavy (non-hydrogen) atoms. The van der Waals surface area contributed by atoms with E-state index >= 15 is 0 Å². The lowest BCUT2D eigenvalue weighted by atomic mass is 10.2. The third kappa shape index (κ3) is 6.14. The molecule has 174 valence electrons. The molecule has 3 aromatic heterocycles. The normalized spacial score (nSPS) is 12.2. The molecule has 0 spiro atoms. The Labute approximate surface area is 194 Å². The molecule has 0 radical (unpaired) electrons. The molecule has 0 bridgehead atoms. The van der Waals surface area contributed by atoms with Crippen LogP contribution in [0.5, 0.6) is 0 Å². The predicted octanol–water partition coefficient (Wildman–Crippen LogP) is 4.18. The van der Waals surface area contributed by atoms with Gasteiger partial charge in [0, 0.05) is 18.8 Å². The monoisotopic (exact) mass is 499 g/mol. The van der Waals surface area contributed by atoms with E-state index in [2.05, 4.69) is 35.9 Å². The lowest BCUT2D eigenvalue weighted by molar-refractivity contribution is -0.137. The van der Waals surface area contributed by atoms with Gasteiger partial charge >= 0.3 is 6.18 Å². The molecule has 1 unspecified atom stereocenters. The summed E-state index contributed by atoms with van der Waals surface area (Å²) in [5, 5.41) is 7.82. The zero-order chi connectivity index (χ0) is 24.2. The van der Waals surface area contributed by atoms with Gasteiger partial charge in [0.05, 0.1) is 22.8 Å². The van der Waals surface area contributed by atoms with E-state index in [1.54, 1.807) is 6.92 Å². The molecule has 0 aliphatic rings. The van der Waals surface area contributed by atoms with Gasteiger partial charge in [0.25, 0.3) is 11.8 Å². The van der Waals surface area contributed by atoms with Crippen LogP contribution in [0, 0.1) is 0 Å². The highest BCUT2D eigenvalue weighted by molar-refractivity contribution is 7.13. The Morgan fingerprint density at radius 2 is 1.85 bits per heavy atom. The fourth-order valence-electron chi connectivity index (χ4n) is 2.59. The molecule has 0 saturated carbocycles. The summed E-state index contributed by atoms with van der Waals surface area (Å²) in [6, 6.07) is 1.58. The average Bonchev–Trinajstić information content (AvgIpc) is 3.25. The minimum Gasteiger partial charge on any atom is -0.370 e. The standard InChI is InChI=1S/C19H17ClF3N7O2S/c1-3-24-14-5-12(27-8-28-14)16(31)29-9(2)18-26-7-13(33-18)17(32)30-15-4-10(19(21,22)23)11(20)6-25-15/h4-9H,3H2,1-2H3,(H,29,31)(H,24,27,28)(H,25,30,32). The summed E-state index contributed by atoms with van der Waals surface area (Å²) in [5.74, 6) is -0.974. The number of thiazole rings is 1. The second-order valence-electron chi connectivity index (χ2n) is 6.58. The topological polar surface area (TPSA) is 122 Å². The summed E-state index contributed by atoms with van der Waals surface area (Å²) in [6.07, 6.45) is -1.36. The first-order valence-corrected chi connectivity index (χ1v) is 10.6. The molecular weight excluding hydrogens is 483 g/mol. The molecule has 0 fully saturated rings. The number of amides is 2. The van der Waals surface area contributed by atoms with Crippen molar-refractivity contribution in [3.63, 3.8) is 0 Å². The number of aromatic nitrogens is 4. The molecule has 3 rings (SSSR count). The minimum atomic E-state index is -4.69. The summed E-state index contributed by atoms with van der Waals surface area (Å²) in [4.78, 5) is 40.8. The quantitative estimate of drug-likeness (QED) is 0.446. The molecule has 14 heteroatoms. The van der Waals surface area contributed by atoms with Crippen LogP contribution in [0.2, 0.25) is 5.02 Å². The van der Waals surface area contributed by atoms with Crippen LogP contribution in [0.25, 0.3) is 0 Å². The third-order valence-electron chi connectivity index (χ3n) is 4.13. The van der Waals surface area contributed by atoms with Gasteiger partial charge in [-0.3, -0.25) is 9.59 Å². The van der Waals surface area contributed by atoms with E-state index < -0.39 is 34.6 Å². The largest absolute Gasteiger partial charge is 0.418 e. The molecule has 1 atom stereocenters. The van der Waals surface area contributed by atoms with E-state index in [-0.39, 0.29) is 16.4 Å². The molecule has 0 saturated heterocycles. The van der Waals surface area contributed by atoms with E-state index in [0.717, 1.165) is 17.5 Å². The number of carbonyl (C=O) groups excluding carboxylic acids is 2. The lowest BCUT2D eigenvalue weighted by Crippen LogP contribution is -2.27. The number of hydrogen-bond acceptors (Lipinski definition) is 8. The minimum absolute atomic E-state index is 0.118. The van der Waals surface area contributed by atoms with Gasteiger partial charge < -0.3 is 16.0 Å². The van der Waals surface area contributed by atoms with Crippen LogP contribution in [0.3, 0.4) is 0 Å². The van der Waals surface area contributed by atoms with Crippen molar-refractivity contribution >= 4 is 46.4 Å². The maximum atomic E-state index is 13.0. The molecule has 2 amide bonds. The molecular formula is C19H17ClF3N7O2S. The van der Waals surface area contributed by atoms with Crippen LogP contribution in [0.15, 0.2) is 30.9 Å². The number of nitrogens with one attached hydrogen (secondary N) is 3. The smallest absolute Gasteiger partial charge is 0.370 e. The van der Waals surface area contributed by atoms with Crippen molar-refractivity contribution in [2.75, 3.05) is 17.2 Å². The summed E-state index contributed by atoms with van der Waals surface area (Å²) >= 11 is 6.50. The predicted molar refractivity (Wildman–Crippen MR) is 116 cm³/mol. The van der Waals surface area contributed by atoms with Gasteiger partial charge in [-0.1, -0.05) is 11.6 Å². The van der Waals surface area contributed by atoms with E-state index in [9.17, 15) is 22.8 Å². The summed E-state index contributed by atoms with van der Waals surface area (Å²) in [5.41, 5.74) is -0.964. The van der Waals surface area contributed by atoms with Gasteiger partial charge in [0.1, 0.15) is 33.5 Å². The first kappa shape index (κ1) is 24.3. The van der Waals surface area contributed by atoms with Crippen molar-refractivity contribution in [2.24, 2.45) is 0 Å². The summed E-state index contributed by atoms with van der Waals surface area (Å²) < 4.78 is 39.0. The maximum Gasteiger partial charge on any atom is 0.418 e. The molecule has 3 N–H and O–H groups in total. The van der Waals surface area contributed by atoms with E-state index in [0.29, 0.717) is 23.4 Å². The Morgan fingerprint density at radius 3 is 2.55 bits per heavy atom. The van der Waals surface area contributed by atoms with Crippen molar-refractivity contribution < 1.29 is 22.8 Å². The highest BCUT2D eigenvalue weighted by Gasteiger charge is 2.34. The molecule has 9 nitrogen and oxygen atoms in total. The molecule has 0 aliphatic carbocycles. The Hall–Kier alpha value is -3.32. The molecule has 3 heterocycles. The molecule has 0 aromatic carbocycles. The Kier molecular flexibility index (Phi) is 7.43. The zero-order valence-electron chi connectivity index (χ0n) is 17.2. The van der Waals surface area contributed by atoms with Crippen molar-refractivity contribution in [1.29, 1.82) is 0 Å². The van der Waals surface area contributed by atoms with Crippen LogP contribution in [0.1, 0.15) is 50.6 Å². The van der Waals surface area contributed by atoms with Gasteiger partial charge in [-0.2, -0.15) is 13.2 Å². The number of nitrogens with zero attached hydrogens (tertiary/aromatic N) is 4. The fraction of sp³-hybridized carbons (Fsp3) is 0.263. The Balaban J connectivity index is 1.67. The van der Waals surface area contributed by atoms with E-state index in [1.807, 2.05) is 6.92 Å². The number of hydrogen-bond donors (Lipinski definition) is 3. The number of halogens is 4. The maximum absolute atomic E-state index is 13.0. The Bertz CT molecular complexity index is 1170. The van der Waals surface area contributed by atoms with Crippen LogP contribution in [-0.4, -0.2) is 38.3 Å². The number of anilines is 2. The lowest BCUT2D eigenvalue weighted by Gasteiger charge is -2.11.